The van der Waals surface area contributed by atoms with Crippen molar-refractivity contribution in [1.82, 2.24) is 16.0 Å². The Labute approximate surface area is 541 Å². The smallest absolute Gasteiger partial charge is 0.312 e. The highest BCUT2D eigenvalue weighted by atomic mass is 32.1. The number of thiophene rings is 1. The summed E-state index contributed by atoms with van der Waals surface area (Å²) in [6, 6.07) is 19.9. The number of amides is 2. The van der Waals surface area contributed by atoms with Crippen molar-refractivity contribution >= 4 is 51.0 Å². The summed E-state index contributed by atoms with van der Waals surface area (Å²) >= 11 is 1.39. The van der Waals surface area contributed by atoms with Crippen LogP contribution in [0.4, 0.5) is 0 Å². The van der Waals surface area contributed by atoms with E-state index in [0.29, 0.717) is 77.0 Å². The number of carbonyl (C=O) groups excluding carboxylic acids is 5. The molecule has 2 amide bonds. The lowest BCUT2D eigenvalue weighted by molar-refractivity contribution is -0.135. The molecule has 12 heteroatoms. The monoisotopic (exact) mass is 1240 g/mol. The zero-order valence-electron chi connectivity index (χ0n) is 53.3. The third-order valence-corrected chi connectivity index (χ3v) is 15.5. The summed E-state index contributed by atoms with van der Waals surface area (Å²) in [4.78, 5) is 66.3. The van der Waals surface area contributed by atoms with Gasteiger partial charge in [-0.3, -0.25) is 24.0 Å². The van der Waals surface area contributed by atoms with E-state index < -0.39 is 11.9 Å². The largest absolute Gasteiger partial charge is 0.494 e. The van der Waals surface area contributed by atoms with Crippen LogP contribution >= 0.6 is 11.3 Å². The zero-order chi connectivity index (χ0) is 63.7. The highest BCUT2D eigenvalue weighted by Crippen LogP contribution is 2.42. The highest BCUT2D eigenvalue weighted by Gasteiger charge is 2.23. The van der Waals surface area contributed by atoms with Gasteiger partial charge in [0.15, 0.2) is 5.78 Å². The molecule has 11 nitrogen and oxygen atoms in total. The van der Waals surface area contributed by atoms with Gasteiger partial charge in [0.25, 0.3) is 0 Å². The fourth-order valence-corrected chi connectivity index (χ4v) is 10.7. The van der Waals surface area contributed by atoms with E-state index in [0.717, 1.165) is 107 Å². The number of carbonyl (C=O) groups is 5. The van der Waals surface area contributed by atoms with Crippen molar-refractivity contribution in [2.24, 2.45) is 0 Å². The van der Waals surface area contributed by atoms with Crippen molar-refractivity contribution in [3.63, 3.8) is 0 Å². The van der Waals surface area contributed by atoms with Crippen molar-refractivity contribution in [3.8, 4) is 27.7 Å². The van der Waals surface area contributed by atoms with Crippen molar-refractivity contribution in [3.05, 3.63) is 224 Å². The van der Waals surface area contributed by atoms with Crippen molar-refractivity contribution in [1.29, 1.82) is 0 Å². The van der Waals surface area contributed by atoms with E-state index in [1.165, 1.54) is 24.2 Å². The van der Waals surface area contributed by atoms with E-state index >= 15 is 0 Å². The number of allylic oxidation sites excluding steroid dienone is 24. The van der Waals surface area contributed by atoms with Crippen LogP contribution in [0.1, 0.15) is 171 Å². The Hall–Kier alpha value is -8.19. The molecule has 0 radical (unpaired) electrons. The summed E-state index contributed by atoms with van der Waals surface area (Å²) in [6.45, 7) is 6.19. The lowest BCUT2D eigenvalue weighted by Gasteiger charge is -2.23. The number of piperidine rings is 1. The Morgan fingerprint density at radius 2 is 0.911 bits per heavy atom. The first kappa shape index (κ1) is 72.6. The topological polar surface area (TPSA) is 149 Å². The minimum Gasteiger partial charge on any atom is -0.494 e. The molecule has 1 saturated heterocycles. The first-order valence-electron chi connectivity index (χ1n) is 32.7. The summed E-state index contributed by atoms with van der Waals surface area (Å²) in [5.41, 5.74) is 1.70. The quantitative estimate of drug-likeness (QED) is 0.0170. The zero-order valence-corrected chi connectivity index (χ0v) is 54.2. The van der Waals surface area contributed by atoms with Gasteiger partial charge >= 0.3 is 11.9 Å². The average molecular weight is 1240 g/mol. The number of ether oxygens (including phenoxy) is 3. The molecule has 478 valence electrons. The van der Waals surface area contributed by atoms with E-state index in [9.17, 15) is 24.0 Å². The number of nitrogens with one attached hydrogen (secondary N) is 3. The molecule has 5 rings (SSSR count). The summed E-state index contributed by atoms with van der Waals surface area (Å²) in [6.07, 6.45) is 69.2. The summed E-state index contributed by atoms with van der Waals surface area (Å²) in [5.74, 6) is -0.124. The van der Waals surface area contributed by atoms with Gasteiger partial charge in [0.05, 0.1) is 19.4 Å². The van der Waals surface area contributed by atoms with Crippen molar-refractivity contribution in [2.75, 3.05) is 26.2 Å². The molecule has 1 atom stereocenters. The van der Waals surface area contributed by atoms with Crippen molar-refractivity contribution < 1.29 is 38.2 Å². The SMILES string of the molecule is CCC=CCC=CCC=CCC=CCC=CCC=CCCC(=O)NCCC(=O)Oc1ccc(-c2sc3cc(OC(=O)CCNC(=O)CCC=CCC=CCC=CCC=CCC=CCC=CCC)ccc3c2C(=O)c2ccc(OCCC3CCCCN3)cc2)cc1. The van der Waals surface area contributed by atoms with Crippen LogP contribution in [-0.2, 0) is 19.2 Å². The minimum absolute atomic E-state index is 0.00278. The molecule has 90 heavy (non-hydrogen) atoms. The van der Waals surface area contributed by atoms with Gasteiger partial charge in [0.2, 0.25) is 11.8 Å². The Bertz CT molecular complexity index is 3140. The Morgan fingerprint density at radius 3 is 1.36 bits per heavy atom. The maximum atomic E-state index is 14.6. The second-order valence-corrected chi connectivity index (χ2v) is 22.7. The minimum atomic E-state index is -0.499. The van der Waals surface area contributed by atoms with Crippen LogP contribution in [0.25, 0.3) is 20.5 Å². The summed E-state index contributed by atoms with van der Waals surface area (Å²) in [5, 5.41) is 9.88. The first-order chi connectivity index (χ1) is 44.2. The maximum Gasteiger partial charge on any atom is 0.312 e. The molecule has 1 aliphatic rings. The number of benzene rings is 3. The molecule has 4 aromatic rings. The van der Waals surface area contributed by atoms with E-state index in [-0.39, 0.29) is 43.5 Å². The molecule has 1 unspecified atom stereocenters. The molecule has 0 aliphatic carbocycles. The van der Waals surface area contributed by atoms with Crippen LogP contribution in [0.3, 0.4) is 0 Å². The number of rotatable bonds is 43. The molecule has 1 aromatic heterocycles. The third-order valence-electron chi connectivity index (χ3n) is 14.3. The van der Waals surface area contributed by atoms with Crippen LogP contribution in [0, 0.1) is 0 Å². The molecule has 0 saturated carbocycles. The normalized spacial score (nSPS) is 14.2. The molecular weight excluding hydrogens is 1140 g/mol. The molecule has 1 fully saturated rings. The molecule has 1 aliphatic heterocycles. The van der Waals surface area contributed by atoms with Crippen LogP contribution in [0.15, 0.2) is 213 Å². The second kappa shape index (κ2) is 46.9. The fraction of sp³-hybridized carbons (Fsp3) is 0.372. The van der Waals surface area contributed by atoms with E-state index in [1.807, 2.05) is 24.3 Å². The summed E-state index contributed by atoms with van der Waals surface area (Å²) < 4.78 is 18.2. The van der Waals surface area contributed by atoms with Gasteiger partial charge in [-0.2, -0.15) is 0 Å². The Balaban J connectivity index is 1.06. The predicted octanol–water partition coefficient (Wildman–Crippen LogP) is 18.5. The fourth-order valence-electron chi connectivity index (χ4n) is 9.44. The highest BCUT2D eigenvalue weighted by molar-refractivity contribution is 7.22. The van der Waals surface area contributed by atoms with Gasteiger partial charge in [-0.05, 0) is 188 Å². The van der Waals surface area contributed by atoms with E-state index in [2.05, 4.69) is 163 Å². The van der Waals surface area contributed by atoms with Crippen LogP contribution in [0.5, 0.6) is 17.2 Å². The lowest BCUT2D eigenvalue weighted by atomic mass is 9.97. The van der Waals surface area contributed by atoms with Gasteiger partial charge in [-0.15, -0.1) is 11.3 Å². The van der Waals surface area contributed by atoms with Gasteiger partial charge in [-0.1, -0.05) is 166 Å². The van der Waals surface area contributed by atoms with Gasteiger partial charge in [0.1, 0.15) is 17.2 Å². The Kier molecular flexibility index (Phi) is 37.8. The van der Waals surface area contributed by atoms with Crippen LogP contribution < -0.4 is 30.2 Å². The average Bonchev–Trinajstić information content (AvgIpc) is 1.69. The molecule has 3 N–H and O–H groups in total. The third kappa shape index (κ3) is 31.8. The van der Waals surface area contributed by atoms with E-state index in [1.54, 1.807) is 54.6 Å². The van der Waals surface area contributed by atoms with Gasteiger partial charge < -0.3 is 30.2 Å². The van der Waals surface area contributed by atoms with Gasteiger partial charge in [-0.25, -0.2) is 0 Å². The lowest BCUT2D eigenvalue weighted by Crippen LogP contribution is -2.35. The molecular formula is C78H97N3O8S. The predicted molar refractivity (Wildman–Crippen MR) is 374 cm³/mol. The number of esters is 2. The number of hydrogen-bond donors (Lipinski definition) is 3. The molecule has 0 spiro atoms. The van der Waals surface area contributed by atoms with E-state index in [4.69, 9.17) is 14.2 Å². The number of hydrogen-bond acceptors (Lipinski definition) is 10. The first-order valence-corrected chi connectivity index (χ1v) is 33.5. The summed E-state index contributed by atoms with van der Waals surface area (Å²) in [7, 11) is 0. The molecule has 3 aromatic carbocycles. The molecule has 0 bridgehead atoms. The molecule has 2 heterocycles. The number of fused-ring (bicyclic) bond motifs is 1. The number of ketones is 1. The standard InChI is InChI=1S/C78H97N3O8S/c1-3-5-7-9-11-13-15-17-19-21-23-25-27-29-31-33-35-37-39-44-72(82)80-60-56-74(84)88-68-52-48-65(49-53-68)78-76(77(86)64-46-50-67(51-47-64)87-62-58-66-43-41-42-59-79-66)70-55-54-69(63-71(70)90-78)89-75(85)57-61-81-73(83)45-40-38-36-34-32-30-28-26-24-22-20-18-16-14-12-10-8-6-4-2/h5-8,11-14,17-20,23-26,29-32,35-38,46-55,63,66,79H,3-4,9-10,15-16,21-22,27-28,33-34,39-45,56-62H2,1-2H3,(H,80,82)(H,81,83). The van der Waals surface area contributed by atoms with Crippen molar-refractivity contribution in [2.45, 2.75) is 161 Å². The van der Waals surface area contributed by atoms with Gasteiger partial charge in [0, 0.05) is 58.1 Å². The second-order valence-electron chi connectivity index (χ2n) is 21.7. The Morgan fingerprint density at radius 1 is 0.489 bits per heavy atom. The van der Waals surface area contributed by atoms with Crippen LogP contribution in [-0.4, -0.2) is 61.8 Å². The maximum absolute atomic E-state index is 14.6. The van der Waals surface area contributed by atoms with Crippen LogP contribution in [0.2, 0.25) is 0 Å².